The quantitative estimate of drug-likeness (QED) is 0.511. The number of carbonyl (C=O) groups excluding carboxylic acids is 3. The van der Waals surface area contributed by atoms with Crippen molar-refractivity contribution in [2.75, 3.05) is 10.6 Å². The number of hydrogen-bond acceptors (Lipinski definition) is 6. The second-order valence-corrected chi connectivity index (χ2v) is 9.94. The first-order valence-corrected chi connectivity index (χ1v) is 12.1. The van der Waals surface area contributed by atoms with Gasteiger partial charge in [-0.2, -0.15) is 13.5 Å². The highest BCUT2D eigenvalue weighted by molar-refractivity contribution is 6.31. The fraction of sp³-hybridized carbons (Fsp3) is 0.280. The van der Waals surface area contributed by atoms with Crippen LogP contribution in [0, 0.1) is 23.6 Å². The molecule has 3 aliphatic rings. The smallest absolute Gasteiger partial charge is 0.326 e. The molecule has 3 aromatic rings. The van der Waals surface area contributed by atoms with Gasteiger partial charge in [-0.3, -0.25) is 14.4 Å². The normalized spacial score (nSPS) is 23.5. The fourth-order valence-corrected chi connectivity index (χ4v) is 5.83. The molecule has 6 rings (SSSR count). The van der Waals surface area contributed by atoms with Crippen molar-refractivity contribution in [3.05, 3.63) is 64.7 Å². The number of tetrazole rings is 1. The van der Waals surface area contributed by atoms with E-state index in [1.807, 2.05) is 0 Å². The van der Waals surface area contributed by atoms with Gasteiger partial charge in [-0.1, -0.05) is 11.6 Å². The maximum atomic E-state index is 15.2. The van der Waals surface area contributed by atoms with E-state index in [0.717, 1.165) is 6.07 Å². The van der Waals surface area contributed by atoms with Gasteiger partial charge in [0.1, 0.15) is 6.33 Å². The van der Waals surface area contributed by atoms with E-state index in [-0.39, 0.29) is 33.7 Å². The molecular formula is C25H18ClF3N6O3. The number of allylic oxidation sites excluding steroid dienone is 2. The van der Waals surface area contributed by atoms with Crippen LogP contribution in [-0.2, 0) is 20.3 Å². The van der Waals surface area contributed by atoms with Crippen LogP contribution in [0.3, 0.4) is 0 Å². The number of rotatable bonds is 4. The maximum absolute atomic E-state index is 15.2. The Morgan fingerprint density at radius 3 is 2.76 bits per heavy atom. The molecule has 9 nitrogen and oxygen atoms in total. The molecule has 2 amide bonds. The first kappa shape index (κ1) is 24.3. The minimum atomic E-state index is -3.70. The third-order valence-electron chi connectivity index (χ3n) is 7.40. The van der Waals surface area contributed by atoms with Crippen LogP contribution in [0.15, 0.2) is 42.7 Å². The fourth-order valence-electron chi connectivity index (χ4n) is 5.68. The van der Waals surface area contributed by atoms with Crippen molar-refractivity contribution < 1.29 is 27.6 Å². The van der Waals surface area contributed by atoms with Crippen LogP contribution in [0.4, 0.5) is 24.5 Å². The van der Waals surface area contributed by atoms with Gasteiger partial charge >= 0.3 is 5.92 Å². The SMILES string of the molecule is O=C1C=C(c2c(-n3cnnn3)ccc(Cl)c2F)C[C@H]2CC[C@@H](C(=O)Nc3ccc4c(c3)C(F)(F)C(=O)N4)C12. The predicted octanol–water partition coefficient (Wildman–Crippen LogP) is 4.14. The molecule has 2 aromatic carbocycles. The van der Waals surface area contributed by atoms with Gasteiger partial charge in [-0.25, -0.2) is 4.39 Å². The summed E-state index contributed by atoms with van der Waals surface area (Å²) in [5, 5.41) is 15.6. The van der Waals surface area contributed by atoms with Gasteiger partial charge in [0.05, 0.1) is 22.0 Å². The summed E-state index contributed by atoms with van der Waals surface area (Å²) < 4.78 is 44.8. The van der Waals surface area contributed by atoms with E-state index in [2.05, 4.69) is 26.2 Å². The van der Waals surface area contributed by atoms with Gasteiger partial charge in [-0.05, 0) is 77.6 Å². The summed E-state index contributed by atoms with van der Waals surface area (Å²) >= 11 is 6.05. The molecule has 2 aliphatic carbocycles. The third kappa shape index (κ3) is 3.78. The van der Waals surface area contributed by atoms with Crippen molar-refractivity contribution in [2.24, 2.45) is 17.8 Å². The van der Waals surface area contributed by atoms with E-state index in [0.29, 0.717) is 30.5 Å². The lowest BCUT2D eigenvalue weighted by Gasteiger charge is -2.28. The van der Waals surface area contributed by atoms with Gasteiger partial charge < -0.3 is 10.6 Å². The van der Waals surface area contributed by atoms with Crippen molar-refractivity contribution >= 4 is 46.1 Å². The van der Waals surface area contributed by atoms with Crippen LogP contribution < -0.4 is 10.6 Å². The van der Waals surface area contributed by atoms with Crippen molar-refractivity contribution in [1.29, 1.82) is 0 Å². The summed E-state index contributed by atoms with van der Waals surface area (Å²) in [6, 6.07) is 6.70. The Hall–Kier alpha value is -4.06. The van der Waals surface area contributed by atoms with E-state index < -0.39 is 41.0 Å². The van der Waals surface area contributed by atoms with E-state index in [9.17, 15) is 23.2 Å². The molecule has 13 heteroatoms. The third-order valence-corrected chi connectivity index (χ3v) is 7.69. The maximum Gasteiger partial charge on any atom is 0.352 e. The number of benzene rings is 2. The minimum absolute atomic E-state index is 0.0201. The molecule has 194 valence electrons. The van der Waals surface area contributed by atoms with E-state index in [1.54, 1.807) is 6.07 Å². The van der Waals surface area contributed by atoms with Gasteiger partial charge in [0, 0.05) is 23.1 Å². The molecule has 2 N–H and O–H groups in total. The van der Waals surface area contributed by atoms with Crippen LogP contribution in [0.5, 0.6) is 0 Å². The molecule has 0 radical (unpaired) electrons. The number of nitrogens with one attached hydrogen (secondary N) is 2. The van der Waals surface area contributed by atoms with E-state index in [4.69, 9.17) is 11.6 Å². The zero-order chi connectivity index (χ0) is 26.8. The Bertz CT molecular complexity index is 1540. The molecule has 0 saturated heterocycles. The molecule has 0 bridgehead atoms. The highest BCUT2D eigenvalue weighted by Crippen LogP contribution is 2.48. The number of amides is 2. The molecule has 1 aromatic heterocycles. The number of halogens is 4. The number of carbonyl (C=O) groups is 3. The highest BCUT2D eigenvalue weighted by Gasteiger charge is 2.49. The predicted molar refractivity (Wildman–Crippen MR) is 129 cm³/mol. The lowest BCUT2D eigenvalue weighted by molar-refractivity contribution is -0.139. The van der Waals surface area contributed by atoms with Crippen molar-refractivity contribution in [1.82, 2.24) is 20.2 Å². The average Bonchev–Trinajstić information content (AvgIpc) is 3.61. The second-order valence-electron chi connectivity index (χ2n) is 9.53. The van der Waals surface area contributed by atoms with E-state index >= 15 is 4.39 Å². The van der Waals surface area contributed by atoms with Gasteiger partial charge in [0.15, 0.2) is 11.6 Å². The lowest BCUT2D eigenvalue weighted by atomic mass is 9.75. The Kier molecular flexibility index (Phi) is 5.60. The van der Waals surface area contributed by atoms with Gasteiger partial charge in [0.25, 0.3) is 5.91 Å². The Morgan fingerprint density at radius 2 is 2.00 bits per heavy atom. The summed E-state index contributed by atoms with van der Waals surface area (Å²) in [4.78, 5) is 37.9. The number of nitrogens with zero attached hydrogens (tertiary/aromatic N) is 4. The molecule has 2 heterocycles. The molecule has 3 atom stereocenters. The van der Waals surface area contributed by atoms with Gasteiger partial charge in [0.2, 0.25) is 5.91 Å². The highest BCUT2D eigenvalue weighted by atomic mass is 35.5. The molecule has 1 fully saturated rings. The average molecular weight is 543 g/mol. The zero-order valence-electron chi connectivity index (χ0n) is 19.4. The lowest BCUT2D eigenvalue weighted by Crippen LogP contribution is -2.34. The monoisotopic (exact) mass is 542 g/mol. The first-order chi connectivity index (χ1) is 18.1. The number of anilines is 2. The Balaban J connectivity index is 1.26. The van der Waals surface area contributed by atoms with Crippen molar-refractivity contribution in [2.45, 2.75) is 25.2 Å². The molecule has 38 heavy (non-hydrogen) atoms. The van der Waals surface area contributed by atoms with Crippen LogP contribution in [0.2, 0.25) is 5.02 Å². The molecule has 0 spiro atoms. The zero-order valence-corrected chi connectivity index (χ0v) is 20.2. The largest absolute Gasteiger partial charge is 0.352 e. The van der Waals surface area contributed by atoms with Crippen LogP contribution in [0.25, 0.3) is 11.3 Å². The number of ketones is 1. The van der Waals surface area contributed by atoms with Crippen LogP contribution in [0.1, 0.15) is 30.4 Å². The summed E-state index contributed by atoms with van der Waals surface area (Å²) in [6.45, 7) is 0. The molecular weight excluding hydrogens is 525 g/mol. The topological polar surface area (TPSA) is 119 Å². The molecule has 1 aliphatic heterocycles. The Labute approximate surface area is 218 Å². The summed E-state index contributed by atoms with van der Waals surface area (Å²) in [7, 11) is 0. The minimum Gasteiger partial charge on any atom is -0.326 e. The van der Waals surface area contributed by atoms with Gasteiger partial charge in [-0.15, -0.1) is 5.10 Å². The van der Waals surface area contributed by atoms with Crippen molar-refractivity contribution in [3.63, 3.8) is 0 Å². The number of alkyl halides is 2. The standard InChI is InChI=1S/C25H18ClF3N6O3/c26-16-4-6-18(35-10-30-33-34-35)21(22(16)27)12-7-11-1-3-14(20(11)19(36)8-12)23(37)31-13-2-5-17-15(9-13)25(28,29)24(38)32-17/h2,4-6,8-11,14,20H,1,3,7H2,(H,31,37)(H,32,38)/t11-,14-,20?/m1/s1. The first-order valence-electron chi connectivity index (χ1n) is 11.8. The Morgan fingerprint density at radius 1 is 1.18 bits per heavy atom. The number of hydrogen-bond donors (Lipinski definition) is 2. The number of aromatic nitrogens is 4. The van der Waals surface area contributed by atoms with Crippen LogP contribution in [-0.4, -0.2) is 37.8 Å². The molecule has 1 unspecified atom stereocenters. The summed E-state index contributed by atoms with van der Waals surface area (Å²) in [5.74, 6) is -8.21. The summed E-state index contributed by atoms with van der Waals surface area (Å²) in [5.41, 5.74) is 0.428. The van der Waals surface area contributed by atoms with E-state index in [1.165, 1.54) is 35.3 Å². The second kappa shape index (κ2) is 8.76. The number of fused-ring (bicyclic) bond motifs is 2. The van der Waals surface area contributed by atoms with Crippen LogP contribution >= 0.6 is 11.6 Å². The summed E-state index contributed by atoms with van der Waals surface area (Å²) in [6.07, 6.45) is 3.90. The van der Waals surface area contributed by atoms with Crippen molar-refractivity contribution in [3.8, 4) is 5.69 Å². The molecule has 1 saturated carbocycles.